The molecule has 0 saturated carbocycles. The quantitative estimate of drug-likeness (QED) is 0.0884. The molecule has 7 aromatic rings. The van der Waals surface area contributed by atoms with Crippen LogP contribution in [0.15, 0.2) is 121 Å². The Labute approximate surface area is 321 Å². The predicted molar refractivity (Wildman–Crippen MR) is 227 cm³/mol. The first-order chi connectivity index (χ1) is 26.7. The largest absolute Gasteiger partial charge is 0.278 e. The molecule has 2 heterocycles. The third kappa shape index (κ3) is 6.99. The van der Waals surface area contributed by atoms with Crippen LogP contribution in [0.5, 0.6) is 0 Å². The Morgan fingerprint density at radius 2 is 0.981 bits per heavy atom. The minimum Gasteiger partial charge on any atom is -0.278 e. The molecular formula is C50H54N4. The summed E-state index contributed by atoms with van der Waals surface area (Å²) in [4.78, 5) is 15.5. The van der Waals surface area contributed by atoms with Gasteiger partial charge in [-0.1, -0.05) is 194 Å². The lowest BCUT2D eigenvalue weighted by Gasteiger charge is -2.33. The van der Waals surface area contributed by atoms with Gasteiger partial charge in [0.1, 0.15) is 0 Å². The predicted octanol–water partition coefficient (Wildman–Crippen LogP) is 14.1. The molecule has 0 atom stereocenters. The van der Waals surface area contributed by atoms with Crippen LogP contribution in [0.2, 0.25) is 0 Å². The van der Waals surface area contributed by atoms with Gasteiger partial charge < -0.3 is 0 Å². The maximum absolute atomic E-state index is 5.22. The second-order valence-corrected chi connectivity index (χ2v) is 15.4. The van der Waals surface area contributed by atoms with E-state index in [1.165, 1.54) is 123 Å². The molecule has 4 nitrogen and oxygen atoms in total. The Morgan fingerprint density at radius 1 is 0.444 bits per heavy atom. The lowest BCUT2D eigenvalue weighted by Crippen LogP contribution is -2.25. The summed E-state index contributed by atoms with van der Waals surface area (Å²) in [5.74, 6) is 1.99. The van der Waals surface area contributed by atoms with E-state index in [0.29, 0.717) is 17.6 Å². The molecule has 5 aromatic carbocycles. The molecule has 0 spiro atoms. The molecule has 274 valence electrons. The molecule has 2 aromatic heterocycles. The summed E-state index contributed by atoms with van der Waals surface area (Å²) >= 11 is 0. The normalized spacial score (nSPS) is 13.1. The van der Waals surface area contributed by atoms with Crippen molar-refractivity contribution >= 4 is 21.8 Å². The van der Waals surface area contributed by atoms with Crippen LogP contribution in [-0.4, -0.2) is 19.5 Å². The van der Waals surface area contributed by atoms with Gasteiger partial charge in [0.15, 0.2) is 11.6 Å². The summed E-state index contributed by atoms with van der Waals surface area (Å²) in [5, 5.41) is 2.51. The number of aromatic nitrogens is 4. The average Bonchev–Trinajstić information content (AvgIpc) is 3.69. The second-order valence-electron chi connectivity index (χ2n) is 15.4. The number of benzene rings is 5. The molecule has 0 bridgehead atoms. The van der Waals surface area contributed by atoms with Crippen molar-refractivity contribution in [2.45, 2.75) is 109 Å². The van der Waals surface area contributed by atoms with E-state index < -0.39 is 0 Å². The highest BCUT2D eigenvalue weighted by Gasteiger charge is 2.42. The van der Waals surface area contributed by atoms with Crippen LogP contribution < -0.4 is 0 Å². The van der Waals surface area contributed by atoms with Crippen LogP contribution in [0.3, 0.4) is 0 Å². The fourth-order valence-corrected chi connectivity index (χ4v) is 9.11. The standard InChI is InChI=1S/C50H54N4/c1-3-5-7-9-11-23-33-50(34-24-12-10-8-6-4-2)43-31-21-19-29-39(43)41-36-46-42(35-44(41)50)40-30-20-22-32-45(40)54(46)49-52-47(37-25-15-13-16-26-37)51-48(53-49)38-27-17-14-18-28-38/h13-22,25-32,35-36H,3-12,23-24,33-34H2,1-2H3. The van der Waals surface area contributed by atoms with E-state index in [-0.39, 0.29) is 5.41 Å². The highest BCUT2D eigenvalue weighted by molar-refractivity contribution is 6.11. The zero-order valence-corrected chi connectivity index (χ0v) is 32.2. The second kappa shape index (κ2) is 16.5. The molecule has 0 fully saturated rings. The van der Waals surface area contributed by atoms with Crippen molar-refractivity contribution < 1.29 is 0 Å². The van der Waals surface area contributed by atoms with Crippen LogP contribution >= 0.6 is 0 Å². The molecule has 0 amide bonds. The summed E-state index contributed by atoms with van der Waals surface area (Å²) in [6.45, 7) is 4.62. The van der Waals surface area contributed by atoms with Crippen LogP contribution in [0.4, 0.5) is 0 Å². The maximum atomic E-state index is 5.22. The van der Waals surface area contributed by atoms with E-state index in [9.17, 15) is 0 Å². The molecule has 1 aliphatic rings. The molecule has 54 heavy (non-hydrogen) atoms. The van der Waals surface area contributed by atoms with Crippen LogP contribution in [-0.2, 0) is 5.41 Å². The first-order valence-electron chi connectivity index (χ1n) is 20.8. The molecule has 0 aliphatic heterocycles. The van der Waals surface area contributed by atoms with Gasteiger partial charge in [0, 0.05) is 27.3 Å². The van der Waals surface area contributed by atoms with Crippen molar-refractivity contribution in [2.75, 3.05) is 0 Å². The van der Waals surface area contributed by atoms with E-state index in [1.807, 2.05) is 36.4 Å². The SMILES string of the molecule is CCCCCCCCC1(CCCCCCCC)c2ccccc2-c2cc3c(cc21)c1ccccc1n3-c1nc(-c2ccccc2)nc(-c2ccccc2)n1. The molecule has 0 radical (unpaired) electrons. The van der Waals surface area contributed by atoms with E-state index in [0.717, 1.165) is 22.2 Å². The highest BCUT2D eigenvalue weighted by Crippen LogP contribution is 2.55. The Morgan fingerprint density at radius 3 is 1.61 bits per heavy atom. The topological polar surface area (TPSA) is 43.6 Å². The Bertz CT molecular complexity index is 2250. The third-order valence-electron chi connectivity index (χ3n) is 11.9. The Kier molecular flexibility index (Phi) is 11.0. The summed E-state index contributed by atoms with van der Waals surface area (Å²) < 4.78 is 2.29. The minimum atomic E-state index is 0.0208. The zero-order chi connectivity index (χ0) is 36.7. The first kappa shape index (κ1) is 35.9. The van der Waals surface area contributed by atoms with E-state index in [2.05, 4.69) is 103 Å². The molecule has 0 unspecified atom stereocenters. The Hall–Kier alpha value is -5.09. The summed E-state index contributed by atoms with van der Waals surface area (Å²) in [5.41, 5.74) is 10.1. The third-order valence-corrected chi connectivity index (χ3v) is 11.9. The van der Waals surface area contributed by atoms with Crippen molar-refractivity contribution in [3.05, 3.63) is 132 Å². The molecule has 0 N–H and O–H groups in total. The number of hydrogen-bond donors (Lipinski definition) is 0. The van der Waals surface area contributed by atoms with E-state index in [1.54, 1.807) is 0 Å². The number of rotatable bonds is 17. The van der Waals surface area contributed by atoms with Crippen molar-refractivity contribution in [2.24, 2.45) is 0 Å². The first-order valence-corrected chi connectivity index (χ1v) is 20.8. The number of nitrogens with zero attached hydrogens (tertiary/aromatic N) is 4. The highest BCUT2D eigenvalue weighted by atomic mass is 15.2. The van der Waals surface area contributed by atoms with Crippen molar-refractivity contribution in [3.63, 3.8) is 0 Å². The fourth-order valence-electron chi connectivity index (χ4n) is 9.11. The molecule has 4 heteroatoms. The van der Waals surface area contributed by atoms with Crippen molar-refractivity contribution in [1.82, 2.24) is 19.5 Å². The smallest absolute Gasteiger partial charge is 0.238 e. The van der Waals surface area contributed by atoms with Gasteiger partial charge in [-0.3, -0.25) is 4.57 Å². The molecular weight excluding hydrogens is 657 g/mol. The minimum absolute atomic E-state index is 0.0208. The number of unbranched alkanes of at least 4 members (excludes halogenated alkanes) is 10. The van der Waals surface area contributed by atoms with Gasteiger partial charge >= 0.3 is 0 Å². The molecule has 8 rings (SSSR count). The van der Waals surface area contributed by atoms with Crippen LogP contribution in [0.25, 0.3) is 61.7 Å². The number of hydrogen-bond acceptors (Lipinski definition) is 3. The molecule has 1 aliphatic carbocycles. The Balaban J connectivity index is 1.30. The maximum Gasteiger partial charge on any atom is 0.238 e. The van der Waals surface area contributed by atoms with Crippen molar-refractivity contribution in [3.8, 4) is 39.9 Å². The lowest BCUT2D eigenvalue weighted by molar-refractivity contribution is 0.398. The summed E-state index contributed by atoms with van der Waals surface area (Å²) in [6, 6.07) is 43.8. The van der Waals surface area contributed by atoms with Crippen LogP contribution in [0.1, 0.15) is 115 Å². The van der Waals surface area contributed by atoms with Crippen molar-refractivity contribution in [1.29, 1.82) is 0 Å². The van der Waals surface area contributed by atoms with E-state index in [4.69, 9.17) is 15.0 Å². The van der Waals surface area contributed by atoms with E-state index >= 15 is 0 Å². The summed E-state index contributed by atoms with van der Waals surface area (Å²) in [6.07, 6.45) is 18.2. The van der Waals surface area contributed by atoms with Gasteiger partial charge in [0.25, 0.3) is 0 Å². The van der Waals surface area contributed by atoms with Gasteiger partial charge in [-0.25, -0.2) is 4.98 Å². The monoisotopic (exact) mass is 710 g/mol. The van der Waals surface area contributed by atoms with Gasteiger partial charge in [-0.2, -0.15) is 9.97 Å². The van der Waals surface area contributed by atoms with Gasteiger partial charge in [0.2, 0.25) is 5.95 Å². The summed E-state index contributed by atoms with van der Waals surface area (Å²) in [7, 11) is 0. The number of para-hydroxylation sites is 1. The average molecular weight is 711 g/mol. The fraction of sp³-hybridized carbons (Fsp3) is 0.340. The van der Waals surface area contributed by atoms with Gasteiger partial charge in [-0.15, -0.1) is 0 Å². The lowest BCUT2D eigenvalue weighted by atomic mass is 9.70. The molecule has 0 saturated heterocycles. The zero-order valence-electron chi connectivity index (χ0n) is 32.2. The number of fused-ring (bicyclic) bond motifs is 6. The van der Waals surface area contributed by atoms with Gasteiger partial charge in [0.05, 0.1) is 11.0 Å². The van der Waals surface area contributed by atoms with Crippen LogP contribution in [0, 0.1) is 0 Å². The van der Waals surface area contributed by atoms with Gasteiger partial charge in [-0.05, 0) is 53.3 Å².